The van der Waals surface area contributed by atoms with Crippen molar-refractivity contribution in [3.05, 3.63) is 95.3 Å². The highest BCUT2D eigenvalue weighted by Crippen LogP contribution is 2.14. The van der Waals surface area contributed by atoms with Crippen molar-refractivity contribution in [2.75, 3.05) is 19.6 Å². The van der Waals surface area contributed by atoms with E-state index in [2.05, 4.69) is 61.9 Å². The van der Waals surface area contributed by atoms with Crippen molar-refractivity contribution < 1.29 is 9.59 Å². The number of nitrogens with zero attached hydrogens (tertiary/aromatic N) is 3. The number of aryl methyl sites for hydroxylation is 2. The third kappa shape index (κ3) is 8.40. The van der Waals surface area contributed by atoms with Gasteiger partial charge in [-0.3, -0.25) is 9.59 Å². The Labute approximate surface area is 216 Å². The third-order valence-electron chi connectivity index (χ3n) is 6.49. The lowest BCUT2D eigenvalue weighted by atomic mass is 10.1. The quantitative estimate of drug-likeness (QED) is 0.287. The average molecular weight is 488 g/mol. The van der Waals surface area contributed by atoms with Gasteiger partial charge in [0.25, 0.3) is 0 Å². The highest BCUT2D eigenvalue weighted by atomic mass is 16.2. The molecule has 192 valence electrons. The number of hydrogen-bond donors (Lipinski definition) is 0. The van der Waals surface area contributed by atoms with Crippen LogP contribution in [-0.4, -0.2) is 45.8 Å². The normalized spacial score (nSPS) is 10.9. The summed E-state index contributed by atoms with van der Waals surface area (Å²) >= 11 is 0. The summed E-state index contributed by atoms with van der Waals surface area (Å²) in [5.41, 5.74) is 4.75. The van der Waals surface area contributed by atoms with Crippen LogP contribution in [0, 0.1) is 6.92 Å². The number of rotatable bonds is 14. The van der Waals surface area contributed by atoms with Crippen LogP contribution in [0.4, 0.5) is 0 Å². The fraction of sp³-hybridized carbons (Fsp3) is 0.419. The highest BCUT2D eigenvalue weighted by molar-refractivity contribution is 5.85. The second kappa shape index (κ2) is 14.3. The Kier molecular flexibility index (Phi) is 10.8. The van der Waals surface area contributed by atoms with Gasteiger partial charge >= 0.3 is 0 Å². The first-order valence-corrected chi connectivity index (χ1v) is 13.3. The SMILES string of the molecule is CCCCN(Cc1cccn1Cc1cccc(C)c1)C(=O)CN(CCC)C(=O)CCc1ccccc1. The highest BCUT2D eigenvalue weighted by Gasteiger charge is 2.21. The van der Waals surface area contributed by atoms with Crippen LogP contribution in [0.3, 0.4) is 0 Å². The minimum Gasteiger partial charge on any atom is -0.345 e. The van der Waals surface area contributed by atoms with Crippen molar-refractivity contribution in [2.45, 2.75) is 66.0 Å². The van der Waals surface area contributed by atoms with E-state index in [0.717, 1.165) is 37.1 Å². The minimum absolute atomic E-state index is 0.0215. The Morgan fingerprint density at radius 3 is 2.31 bits per heavy atom. The van der Waals surface area contributed by atoms with E-state index >= 15 is 0 Å². The molecule has 0 bridgehead atoms. The van der Waals surface area contributed by atoms with Gasteiger partial charge in [0.1, 0.15) is 0 Å². The number of carbonyl (C=O) groups is 2. The molecule has 0 aliphatic carbocycles. The maximum Gasteiger partial charge on any atom is 0.242 e. The molecule has 36 heavy (non-hydrogen) atoms. The number of carbonyl (C=O) groups excluding carboxylic acids is 2. The molecular weight excluding hydrogens is 446 g/mol. The molecule has 5 heteroatoms. The first-order chi connectivity index (χ1) is 17.5. The van der Waals surface area contributed by atoms with Crippen molar-refractivity contribution in [2.24, 2.45) is 0 Å². The first kappa shape index (κ1) is 27.3. The molecule has 5 nitrogen and oxygen atoms in total. The van der Waals surface area contributed by atoms with Gasteiger partial charge in [0.05, 0.1) is 13.1 Å². The maximum atomic E-state index is 13.5. The number of aromatic nitrogens is 1. The van der Waals surface area contributed by atoms with E-state index in [9.17, 15) is 9.59 Å². The standard InChI is InChI=1S/C31H41N3O2/c1-4-6-20-34(24-29-16-11-21-32(29)23-28-15-10-12-26(3)22-28)31(36)25-33(19-5-2)30(35)18-17-27-13-8-7-9-14-27/h7-16,21-22H,4-6,17-20,23-25H2,1-3H3. The van der Waals surface area contributed by atoms with Crippen LogP contribution in [-0.2, 0) is 29.1 Å². The van der Waals surface area contributed by atoms with Gasteiger partial charge in [-0.15, -0.1) is 0 Å². The molecule has 0 fully saturated rings. The van der Waals surface area contributed by atoms with E-state index < -0.39 is 0 Å². The van der Waals surface area contributed by atoms with Crippen LogP contribution in [0.5, 0.6) is 0 Å². The van der Waals surface area contributed by atoms with Crippen LogP contribution in [0.15, 0.2) is 72.9 Å². The van der Waals surface area contributed by atoms with E-state index in [4.69, 9.17) is 0 Å². The molecule has 0 atom stereocenters. The molecular formula is C31H41N3O2. The molecule has 0 saturated carbocycles. The Bertz CT molecular complexity index is 1090. The molecule has 2 aromatic carbocycles. The molecule has 0 aliphatic rings. The number of benzene rings is 2. The van der Waals surface area contributed by atoms with Gasteiger partial charge in [0, 0.05) is 37.9 Å². The summed E-state index contributed by atoms with van der Waals surface area (Å²) in [5, 5.41) is 0. The van der Waals surface area contributed by atoms with Crippen molar-refractivity contribution >= 4 is 11.8 Å². The van der Waals surface area contributed by atoms with E-state index in [1.807, 2.05) is 41.3 Å². The van der Waals surface area contributed by atoms with Crippen LogP contribution >= 0.6 is 0 Å². The lowest BCUT2D eigenvalue weighted by Gasteiger charge is -2.28. The van der Waals surface area contributed by atoms with Gasteiger partial charge in [0.15, 0.2) is 0 Å². The fourth-order valence-corrected chi connectivity index (χ4v) is 4.47. The van der Waals surface area contributed by atoms with Gasteiger partial charge in [-0.1, -0.05) is 80.4 Å². The Balaban J connectivity index is 1.67. The predicted molar refractivity (Wildman–Crippen MR) is 147 cm³/mol. The fourth-order valence-electron chi connectivity index (χ4n) is 4.47. The van der Waals surface area contributed by atoms with Gasteiger partial charge in [-0.25, -0.2) is 0 Å². The molecule has 1 aromatic heterocycles. The lowest BCUT2D eigenvalue weighted by molar-refractivity contribution is -0.141. The smallest absolute Gasteiger partial charge is 0.242 e. The van der Waals surface area contributed by atoms with E-state index in [0.29, 0.717) is 32.5 Å². The Morgan fingerprint density at radius 2 is 1.58 bits per heavy atom. The molecule has 0 N–H and O–H groups in total. The molecule has 3 aromatic rings. The molecule has 0 radical (unpaired) electrons. The summed E-state index contributed by atoms with van der Waals surface area (Å²) in [6, 6.07) is 22.7. The zero-order valence-electron chi connectivity index (χ0n) is 22.2. The van der Waals surface area contributed by atoms with Crippen LogP contribution in [0.2, 0.25) is 0 Å². The second-order valence-corrected chi connectivity index (χ2v) is 9.59. The van der Waals surface area contributed by atoms with Gasteiger partial charge in [0.2, 0.25) is 11.8 Å². The monoisotopic (exact) mass is 487 g/mol. The second-order valence-electron chi connectivity index (χ2n) is 9.59. The van der Waals surface area contributed by atoms with Crippen molar-refractivity contribution in [1.82, 2.24) is 14.4 Å². The molecule has 0 aliphatic heterocycles. The molecule has 0 spiro atoms. The summed E-state index contributed by atoms with van der Waals surface area (Å²) in [4.78, 5) is 30.2. The van der Waals surface area contributed by atoms with Crippen molar-refractivity contribution in [3.8, 4) is 0 Å². The zero-order valence-corrected chi connectivity index (χ0v) is 22.2. The summed E-state index contributed by atoms with van der Waals surface area (Å²) in [6.45, 7) is 9.07. The Morgan fingerprint density at radius 1 is 0.806 bits per heavy atom. The predicted octanol–water partition coefficient (Wildman–Crippen LogP) is 5.84. The summed E-state index contributed by atoms with van der Waals surface area (Å²) in [6.07, 6.45) is 5.99. The van der Waals surface area contributed by atoms with Crippen LogP contribution in [0.25, 0.3) is 0 Å². The molecule has 3 rings (SSSR count). The zero-order chi connectivity index (χ0) is 25.8. The van der Waals surface area contributed by atoms with Gasteiger partial charge in [-0.2, -0.15) is 0 Å². The molecule has 2 amide bonds. The largest absolute Gasteiger partial charge is 0.345 e. The molecule has 0 unspecified atom stereocenters. The number of amides is 2. The summed E-state index contributed by atoms with van der Waals surface area (Å²) < 4.78 is 2.22. The van der Waals surface area contributed by atoms with Gasteiger partial charge < -0.3 is 14.4 Å². The van der Waals surface area contributed by atoms with Crippen molar-refractivity contribution in [1.29, 1.82) is 0 Å². The topological polar surface area (TPSA) is 45.6 Å². The summed E-state index contributed by atoms with van der Waals surface area (Å²) in [5.74, 6) is 0.0700. The molecule has 0 saturated heterocycles. The van der Waals surface area contributed by atoms with Crippen LogP contribution in [0.1, 0.15) is 61.9 Å². The lowest BCUT2D eigenvalue weighted by Crippen LogP contribution is -2.43. The minimum atomic E-state index is 0.0215. The third-order valence-corrected chi connectivity index (χ3v) is 6.49. The average Bonchev–Trinajstić information content (AvgIpc) is 3.31. The molecule has 1 heterocycles. The number of unbranched alkanes of at least 4 members (excludes halogenated alkanes) is 1. The first-order valence-electron chi connectivity index (χ1n) is 13.3. The summed E-state index contributed by atoms with van der Waals surface area (Å²) in [7, 11) is 0. The van der Waals surface area contributed by atoms with Crippen molar-refractivity contribution in [3.63, 3.8) is 0 Å². The van der Waals surface area contributed by atoms with E-state index in [1.54, 1.807) is 4.90 Å². The van der Waals surface area contributed by atoms with E-state index in [1.165, 1.54) is 11.1 Å². The van der Waals surface area contributed by atoms with Crippen LogP contribution < -0.4 is 0 Å². The number of hydrogen-bond acceptors (Lipinski definition) is 2. The van der Waals surface area contributed by atoms with E-state index in [-0.39, 0.29) is 18.4 Å². The Hall–Kier alpha value is -3.34. The maximum absolute atomic E-state index is 13.5. The van der Waals surface area contributed by atoms with Gasteiger partial charge in [-0.05, 0) is 49.4 Å².